The van der Waals surface area contributed by atoms with Gasteiger partial charge in [-0.2, -0.15) is 0 Å². The van der Waals surface area contributed by atoms with Crippen molar-refractivity contribution in [2.75, 3.05) is 19.4 Å². The topological polar surface area (TPSA) is 110 Å². The zero-order valence-electron chi connectivity index (χ0n) is 11.5. The zero-order chi connectivity index (χ0) is 15.2. The molecule has 2 aromatic rings. The number of carbonyl (C=O) groups excluding carboxylic acids is 1. The number of aliphatic hydroxyl groups excluding tert-OH is 1. The van der Waals surface area contributed by atoms with E-state index in [1.807, 2.05) is 0 Å². The molecular formula is C14H16N4O3. The Hall–Kier alpha value is -2.67. The van der Waals surface area contributed by atoms with Crippen LogP contribution in [0.3, 0.4) is 0 Å². The molecule has 7 nitrogen and oxygen atoms in total. The Morgan fingerprint density at radius 1 is 1.33 bits per heavy atom. The highest BCUT2D eigenvalue weighted by Crippen LogP contribution is 2.17. The lowest BCUT2D eigenvalue weighted by molar-refractivity contribution is 0.0912. The van der Waals surface area contributed by atoms with Gasteiger partial charge in [0, 0.05) is 18.9 Å². The smallest absolute Gasteiger partial charge is 0.273 e. The molecule has 21 heavy (non-hydrogen) atoms. The van der Waals surface area contributed by atoms with Crippen LogP contribution in [0.1, 0.15) is 22.2 Å². The number of carbonyl (C=O) groups is 1. The second-order valence-electron chi connectivity index (χ2n) is 4.29. The fourth-order valence-electron chi connectivity index (χ4n) is 1.74. The summed E-state index contributed by atoms with van der Waals surface area (Å²) in [6.45, 7) is 0.0428. The maximum Gasteiger partial charge on any atom is 0.273 e. The van der Waals surface area contributed by atoms with Crippen LogP contribution in [0.2, 0.25) is 0 Å². The van der Waals surface area contributed by atoms with E-state index in [4.69, 9.17) is 10.5 Å². The Morgan fingerprint density at radius 2 is 2.00 bits per heavy atom. The van der Waals surface area contributed by atoms with E-state index < -0.39 is 12.0 Å². The molecule has 1 amide bonds. The van der Waals surface area contributed by atoms with Gasteiger partial charge in [0.25, 0.3) is 5.91 Å². The molecule has 0 aliphatic carbocycles. The first-order valence-electron chi connectivity index (χ1n) is 6.28. The van der Waals surface area contributed by atoms with Crippen LogP contribution in [0, 0.1) is 0 Å². The first-order chi connectivity index (χ1) is 10.1. The van der Waals surface area contributed by atoms with Crippen LogP contribution in [0.25, 0.3) is 0 Å². The molecule has 0 saturated heterocycles. The molecule has 0 aliphatic rings. The number of nitrogens with two attached hydrogens (primary N) is 1. The Balaban J connectivity index is 1.95. The molecule has 1 heterocycles. The van der Waals surface area contributed by atoms with Crippen molar-refractivity contribution < 1.29 is 14.6 Å². The summed E-state index contributed by atoms with van der Waals surface area (Å²) in [5.41, 5.74) is 6.27. The maximum atomic E-state index is 11.9. The van der Waals surface area contributed by atoms with E-state index in [0.29, 0.717) is 11.3 Å². The quantitative estimate of drug-likeness (QED) is 0.740. The highest BCUT2D eigenvalue weighted by Gasteiger charge is 2.14. The van der Waals surface area contributed by atoms with Crippen molar-refractivity contribution >= 4 is 11.7 Å². The lowest BCUT2D eigenvalue weighted by atomic mass is 10.1. The number of hydrogen-bond acceptors (Lipinski definition) is 6. The highest BCUT2D eigenvalue weighted by atomic mass is 16.5. The van der Waals surface area contributed by atoms with Crippen molar-refractivity contribution in [3.63, 3.8) is 0 Å². The van der Waals surface area contributed by atoms with Gasteiger partial charge in [0.15, 0.2) is 11.5 Å². The van der Waals surface area contributed by atoms with Gasteiger partial charge in [0.2, 0.25) is 0 Å². The second-order valence-corrected chi connectivity index (χ2v) is 4.29. The summed E-state index contributed by atoms with van der Waals surface area (Å²) in [7, 11) is 1.57. The number of nitrogens with zero attached hydrogens (tertiary/aromatic N) is 2. The minimum absolute atomic E-state index is 0.0411. The lowest BCUT2D eigenvalue weighted by Crippen LogP contribution is -2.29. The summed E-state index contributed by atoms with van der Waals surface area (Å²) in [4.78, 5) is 19.5. The normalized spacial score (nSPS) is 11.7. The Morgan fingerprint density at radius 3 is 2.62 bits per heavy atom. The average molecular weight is 288 g/mol. The SMILES string of the molecule is COc1ccc([C@H](O)CNC(=O)c2nccnc2N)cc1. The number of nitrogens with one attached hydrogen (secondary N) is 1. The van der Waals surface area contributed by atoms with Gasteiger partial charge in [-0.15, -0.1) is 0 Å². The number of nitrogen functional groups attached to an aromatic ring is 1. The van der Waals surface area contributed by atoms with Crippen molar-refractivity contribution in [2.45, 2.75) is 6.10 Å². The number of hydrogen-bond donors (Lipinski definition) is 3. The monoisotopic (exact) mass is 288 g/mol. The molecule has 110 valence electrons. The predicted octanol–water partition coefficient (Wildman–Crippen LogP) is 0.531. The van der Waals surface area contributed by atoms with E-state index >= 15 is 0 Å². The van der Waals surface area contributed by atoms with Gasteiger partial charge in [-0.25, -0.2) is 9.97 Å². The summed E-state index contributed by atoms with van der Waals surface area (Å²) in [5, 5.41) is 12.6. The molecule has 1 aromatic carbocycles. The molecule has 1 aromatic heterocycles. The van der Waals surface area contributed by atoms with E-state index in [0.717, 1.165) is 0 Å². The van der Waals surface area contributed by atoms with Crippen LogP contribution >= 0.6 is 0 Å². The number of methoxy groups -OCH3 is 1. The van der Waals surface area contributed by atoms with Crippen molar-refractivity contribution in [2.24, 2.45) is 0 Å². The standard InChI is InChI=1S/C14H16N4O3/c1-21-10-4-2-9(3-5-10)11(19)8-18-14(20)12-13(15)17-7-6-16-12/h2-7,11,19H,8H2,1H3,(H2,15,17)(H,18,20)/t11-/m1/s1. The van der Waals surface area contributed by atoms with Crippen LogP contribution in [0.5, 0.6) is 5.75 Å². The summed E-state index contributed by atoms with van der Waals surface area (Å²) < 4.78 is 5.04. The predicted molar refractivity (Wildman–Crippen MR) is 76.7 cm³/mol. The molecule has 0 spiro atoms. The number of aliphatic hydroxyl groups is 1. The number of aromatic nitrogens is 2. The molecule has 4 N–H and O–H groups in total. The third-order valence-electron chi connectivity index (χ3n) is 2.90. The number of anilines is 1. The zero-order valence-corrected chi connectivity index (χ0v) is 11.5. The van der Waals surface area contributed by atoms with Gasteiger partial charge < -0.3 is 20.9 Å². The summed E-state index contributed by atoms with van der Waals surface area (Å²) in [6.07, 6.45) is 1.95. The van der Waals surface area contributed by atoms with Crippen LogP contribution in [-0.2, 0) is 0 Å². The third-order valence-corrected chi connectivity index (χ3v) is 2.90. The average Bonchev–Trinajstić information content (AvgIpc) is 2.52. The minimum atomic E-state index is -0.835. The molecule has 2 rings (SSSR count). The highest BCUT2D eigenvalue weighted by molar-refractivity contribution is 5.96. The fourth-order valence-corrected chi connectivity index (χ4v) is 1.74. The lowest BCUT2D eigenvalue weighted by Gasteiger charge is -2.13. The number of rotatable bonds is 5. The molecule has 0 radical (unpaired) electrons. The van der Waals surface area contributed by atoms with Gasteiger partial charge in [-0.1, -0.05) is 12.1 Å². The van der Waals surface area contributed by atoms with Crippen molar-refractivity contribution in [3.8, 4) is 5.75 Å². The number of benzene rings is 1. The summed E-state index contributed by atoms with van der Waals surface area (Å²) >= 11 is 0. The van der Waals surface area contributed by atoms with E-state index in [9.17, 15) is 9.90 Å². The molecular weight excluding hydrogens is 272 g/mol. The molecule has 0 bridgehead atoms. The maximum absolute atomic E-state index is 11.9. The Labute approximate surface area is 121 Å². The van der Waals surface area contributed by atoms with Crippen molar-refractivity contribution in [1.29, 1.82) is 0 Å². The molecule has 7 heteroatoms. The first kappa shape index (κ1) is 14.7. The van der Waals surface area contributed by atoms with Crippen LogP contribution < -0.4 is 15.8 Å². The van der Waals surface area contributed by atoms with Gasteiger partial charge in [-0.3, -0.25) is 4.79 Å². The molecule has 1 atom stereocenters. The van der Waals surface area contributed by atoms with Gasteiger partial charge in [0.05, 0.1) is 13.2 Å². The number of ether oxygens (including phenoxy) is 1. The summed E-state index contributed by atoms with van der Waals surface area (Å²) in [5.74, 6) is 0.268. The first-order valence-corrected chi connectivity index (χ1v) is 6.28. The van der Waals surface area contributed by atoms with Crippen LogP contribution in [0.4, 0.5) is 5.82 Å². The van der Waals surface area contributed by atoms with Crippen molar-refractivity contribution in [1.82, 2.24) is 15.3 Å². The molecule has 0 saturated carbocycles. The van der Waals surface area contributed by atoms with Crippen LogP contribution in [-0.4, -0.2) is 34.6 Å². The largest absolute Gasteiger partial charge is 0.497 e. The van der Waals surface area contributed by atoms with Gasteiger partial charge >= 0.3 is 0 Å². The Kier molecular flexibility index (Phi) is 4.68. The minimum Gasteiger partial charge on any atom is -0.497 e. The fraction of sp³-hybridized carbons (Fsp3) is 0.214. The third kappa shape index (κ3) is 3.67. The molecule has 0 unspecified atom stereocenters. The van der Waals surface area contributed by atoms with Gasteiger partial charge in [-0.05, 0) is 17.7 Å². The molecule has 0 aliphatic heterocycles. The van der Waals surface area contributed by atoms with E-state index in [-0.39, 0.29) is 18.1 Å². The van der Waals surface area contributed by atoms with E-state index in [1.54, 1.807) is 31.4 Å². The van der Waals surface area contributed by atoms with Crippen molar-refractivity contribution in [3.05, 3.63) is 47.9 Å². The van der Waals surface area contributed by atoms with E-state index in [2.05, 4.69) is 15.3 Å². The Bertz CT molecular complexity index is 616. The summed E-state index contributed by atoms with van der Waals surface area (Å²) in [6, 6.07) is 6.93. The number of amides is 1. The molecule has 0 fully saturated rings. The van der Waals surface area contributed by atoms with E-state index in [1.165, 1.54) is 12.4 Å². The van der Waals surface area contributed by atoms with Crippen LogP contribution in [0.15, 0.2) is 36.7 Å². The second kappa shape index (κ2) is 6.67. The van der Waals surface area contributed by atoms with Gasteiger partial charge in [0.1, 0.15) is 5.75 Å².